The lowest BCUT2D eigenvalue weighted by molar-refractivity contribution is 0.265. The number of aliphatic imine (C=N–C) groups is 1. The molecule has 2 rings (SSSR count). The minimum absolute atomic E-state index is 0.529. The summed E-state index contributed by atoms with van der Waals surface area (Å²) in [7, 11) is 0. The average Bonchev–Trinajstić information content (AvgIpc) is 2.97. The highest BCUT2D eigenvalue weighted by atomic mass is 15.2. The van der Waals surface area contributed by atoms with Crippen LogP contribution >= 0.6 is 0 Å². The summed E-state index contributed by atoms with van der Waals surface area (Å²) < 4.78 is 0. The lowest BCUT2D eigenvalue weighted by Crippen LogP contribution is -2.40. The van der Waals surface area contributed by atoms with Gasteiger partial charge in [0.15, 0.2) is 5.96 Å². The monoisotopic (exact) mass is 238 g/mol. The molecule has 1 saturated heterocycles. The zero-order valence-corrected chi connectivity index (χ0v) is 11.0. The molecule has 0 aromatic carbocycles. The minimum atomic E-state index is 0.529. The van der Waals surface area contributed by atoms with Gasteiger partial charge in [0.1, 0.15) is 0 Å². The lowest BCUT2D eigenvalue weighted by atomic mass is 10.2. The second kappa shape index (κ2) is 6.24. The van der Waals surface area contributed by atoms with Gasteiger partial charge in [0.25, 0.3) is 0 Å². The Kier molecular flexibility index (Phi) is 4.66. The number of rotatable bonds is 4. The quantitative estimate of drug-likeness (QED) is 0.574. The van der Waals surface area contributed by atoms with Crippen LogP contribution < -0.4 is 11.1 Å². The van der Waals surface area contributed by atoms with Gasteiger partial charge in [0, 0.05) is 12.1 Å². The fourth-order valence-electron chi connectivity index (χ4n) is 2.85. The topological polar surface area (TPSA) is 53.6 Å². The standard InChI is InChI=1S/C13H26N4/c1-11(17-8-4-5-9-17)10-15-13(14)16-12-6-2-3-7-12/h11-12H,2-10H2,1H3,(H3,14,15,16). The van der Waals surface area contributed by atoms with Gasteiger partial charge >= 0.3 is 0 Å². The van der Waals surface area contributed by atoms with Crippen LogP contribution in [0.25, 0.3) is 0 Å². The molecule has 1 heterocycles. The Balaban J connectivity index is 1.70. The average molecular weight is 238 g/mol. The fourth-order valence-corrected chi connectivity index (χ4v) is 2.85. The zero-order chi connectivity index (χ0) is 12.1. The molecule has 4 nitrogen and oxygen atoms in total. The van der Waals surface area contributed by atoms with E-state index in [-0.39, 0.29) is 0 Å². The Hall–Kier alpha value is -0.770. The summed E-state index contributed by atoms with van der Waals surface area (Å²) in [6, 6.07) is 1.10. The van der Waals surface area contributed by atoms with Crippen LogP contribution in [0, 0.1) is 0 Å². The maximum atomic E-state index is 5.92. The molecule has 0 aromatic heterocycles. The Morgan fingerprint density at radius 1 is 1.29 bits per heavy atom. The van der Waals surface area contributed by atoms with Gasteiger partial charge in [-0.3, -0.25) is 9.89 Å². The number of nitrogens with one attached hydrogen (secondary N) is 1. The Labute approximate surface area is 105 Å². The maximum absolute atomic E-state index is 5.92. The van der Waals surface area contributed by atoms with E-state index in [2.05, 4.69) is 22.1 Å². The molecule has 2 fully saturated rings. The molecule has 0 amide bonds. The summed E-state index contributed by atoms with van der Waals surface area (Å²) in [5.74, 6) is 0.642. The summed E-state index contributed by atoms with van der Waals surface area (Å²) in [5, 5.41) is 3.33. The second-order valence-corrected chi connectivity index (χ2v) is 5.44. The molecule has 0 spiro atoms. The number of nitrogens with two attached hydrogens (primary N) is 1. The molecule has 17 heavy (non-hydrogen) atoms. The summed E-state index contributed by atoms with van der Waals surface area (Å²) in [6.07, 6.45) is 7.83. The molecule has 1 saturated carbocycles. The van der Waals surface area contributed by atoms with E-state index in [4.69, 9.17) is 5.73 Å². The summed E-state index contributed by atoms with van der Waals surface area (Å²) in [6.45, 7) is 5.53. The summed E-state index contributed by atoms with van der Waals surface area (Å²) >= 11 is 0. The molecule has 2 aliphatic rings. The van der Waals surface area contributed by atoms with Crippen LogP contribution in [0.2, 0.25) is 0 Å². The number of nitrogens with zero attached hydrogens (tertiary/aromatic N) is 2. The van der Waals surface area contributed by atoms with Crippen LogP contribution in [0.5, 0.6) is 0 Å². The van der Waals surface area contributed by atoms with Crippen LogP contribution in [0.15, 0.2) is 4.99 Å². The van der Waals surface area contributed by atoms with Crippen LogP contribution in [0.1, 0.15) is 45.4 Å². The van der Waals surface area contributed by atoms with Crippen LogP contribution in [0.3, 0.4) is 0 Å². The highest BCUT2D eigenvalue weighted by Gasteiger charge is 2.18. The van der Waals surface area contributed by atoms with Crippen molar-refractivity contribution in [3.63, 3.8) is 0 Å². The molecule has 3 N–H and O–H groups in total. The van der Waals surface area contributed by atoms with E-state index in [1.165, 1.54) is 51.6 Å². The van der Waals surface area contributed by atoms with Crippen LogP contribution in [-0.4, -0.2) is 42.6 Å². The van der Waals surface area contributed by atoms with Crippen LogP contribution in [0.4, 0.5) is 0 Å². The number of likely N-dealkylation sites (tertiary alicyclic amines) is 1. The van der Waals surface area contributed by atoms with Crippen molar-refractivity contribution in [3.05, 3.63) is 0 Å². The smallest absolute Gasteiger partial charge is 0.188 e. The van der Waals surface area contributed by atoms with Crippen molar-refractivity contribution >= 4 is 5.96 Å². The number of guanidine groups is 1. The van der Waals surface area contributed by atoms with Gasteiger partial charge in [0.2, 0.25) is 0 Å². The molecular weight excluding hydrogens is 212 g/mol. The van der Waals surface area contributed by atoms with Gasteiger partial charge in [-0.2, -0.15) is 0 Å². The Morgan fingerprint density at radius 3 is 2.59 bits per heavy atom. The highest BCUT2D eigenvalue weighted by molar-refractivity contribution is 5.78. The molecular formula is C13H26N4. The number of hydrogen-bond acceptors (Lipinski definition) is 2. The molecule has 0 radical (unpaired) electrons. The van der Waals surface area contributed by atoms with Crippen molar-refractivity contribution in [3.8, 4) is 0 Å². The zero-order valence-electron chi connectivity index (χ0n) is 11.0. The lowest BCUT2D eigenvalue weighted by Gasteiger charge is -2.22. The van der Waals surface area contributed by atoms with Crippen molar-refractivity contribution in [2.45, 2.75) is 57.5 Å². The molecule has 0 bridgehead atoms. The van der Waals surface area contributed by atoms with E-state index < -0.39 is 0 Å². The first-order valence-electron chi connectivity index (χ1n) is 7.06. The van der Waals surface area contributed by atoms with Gasteiger partial charge in [-0.05, 0) is 45.7 Å². The van der Waals surface area contributed by atoms with Gasteiger partial charge in [-0.25, -0.2) is 0 Å². The van der Waals surface area contributed by atoms with E-state index in [0.717, 1.165) is 6.54 Å². The Bertz CT molecular complexity index is 252. The SMILES string of the molecule is CC(CN=C(N)NC1CCCC1)N1CCCC1. The Morgan fingerprint density at radius 2 is 1.94 bits per heavy atom. The van der Waals surface area contributed by atoms with Crippen molar-refractivity contribution in [1.29, 1.82) is 0 Å². The van der Waals surface area contributed by atoms with E-state index in [1.54, 1.807) is 0 Å². The third-order valence-electron chi connectivity index (χ3n) is 4.00. The first-order valence-corrected chi connectivity index (χ1v) is 7.06. The van der Waals surface area contributed by atoms with Gasteiger partial charge in [-0.1, -0.05) is 12.8 Å². The minimum Gasteiger partial charge on any atom is -0.370 e. The second-order valence-electron chi connectivity index (χ2n) is 5.44. The third kappa shape index (κ3) is 3.87. The number of hydrogen-bond donors (Lipinski definition) is 2. The predicted octanol–water partition coefficient (Wildman–Crippen LogP) is 1.32. The molecule has 1 atom stereocenters. The molecule has 0 aromatic rings. The summed E-state index contributed by atoms with van der Waals surface area (Å²) in [5.41, 5.74) is 5.92. The molecule has 4 heteroatoms. The highest BCUT2D eigenvalue weighted by Crippen LogP contribution is 2.17. The van der Waals surface area contributed by atoms with E-state index in [0.29, 0.717) is 18.0 Å². The largest absolute Gasteiger partial charge is 0.370 e. The van der Waals surface area contributed by atoms with Gasteiger partial charge in [0.05, 0.1) is 6.54 Å². The van der Waals surface area contributed by atoms with E-state index in [1.807, 2.05) is 0 Å². The molecule has 1 unspecified atom stereocenters. The molecule has 98 valence electrons. The maximum Gasteiger partial charge on any atom is 0.188 e. The van der Waals surface area contributed by atoms with E-state index in [9.17, 15) is 0 Å². The normalized spacial score (nSPS) is 25.4. The molecule has 1 aliphatic heterocycles. The van der Waals surface area contributed by atoms with Crippen molar-refractivity contribution in [2.75, 3.05) is 19.6 Å². The van der Waals surface area contributed by atoms with Crippen molar-refractivity contribution in [2.24, 2.45) is 10.7 Å². The molecule has 1 aliphatic carbocycles. The van der Waals surface area contributed by atoms with Crippen molar-refractivity contribution < 1.29 is 0 Å². The fraction of sp³-hybridized carbons (Fsp3) is 0.923. The van der Waals surface area contributed by atoms with Crippen molar-refractivity contribution in [1.82, 2.24) is 10.2 Å². The van der Waals surface area contributed by atoms with E-state index >= 15 is 0 Å². The first kappa shape index (κ1) is 12.7. The van der Waals surface area contributed by atoms with Gasteiger partial charge in [-0.15, -0.1) is 0 Å². The van der Waals surface area contributed by atoms with Crippen LogP contribution in [-0.2, 0) is 0 Å². The summed E-state index contributed by atoms with van der Waals surface area (Å²) in [4.78, 5) is 6.98. The predicted molar refractivity (Wildman–Crippen MR) is 72.2 cm³/mol. The van der Waals surface area contributed by atoms with Gasteiger partial charge < -0.3 is 11.1 Å². The first-order chi connectivity index (χ1) is 8.25. The third-order valence-corrected chi connectivity index (χ3v) is 4.00.